The number of piperazine rings is 1. The maximum Gasteiger partial charge on any atom is 0.328 e. The molecule has 186 valence electrons. The predicted molar refractivity (Wildman–Crippen MR) is 149 cm³/mol. The molecule has 5 rings (SSSR count). The lowest BCUT2D eigenvalue weighted by atomic mass is 9.96. The standard InChI is InChI=1S/C28H32N4O.2ClH/c1-29-25-15-8-9-16-26(25)32(28(29)33)18-10-17-30-19-21-31(22-20-30)27(23-11-4-2-5-12-23)24-13-6-3-7-14-24;;/h2-9,11-16,27H,10,17-22H2,1H3;2*1H. The Labute approximate surface area is 219 Å². The largest absolute Gasteiger partial charge is 0.328 e. The normalized spacial score (nSPS) is 14.6. The Bertz CT molecular complexity index is 1210. The molecule has 0 radical (unpaired) electrons. The molecule has 3 aromatic carbocycles. The molecule has 0 aliphatic carbocycles. The molecule has 4 aromatic rings. The average molecular weight is 514 g/mol. The summed E-state index contributed by atoms with van der Waals surface area (Å²) in [5.74, 6) is 0. The summed E-state index contributed by atoms with van der Waals surface area (Å²) in [6.45, 7) is 5.98. The maximum absolute atomic E-state index is 12.7. The first-order valence-corrected chi connectivity index (χ1v) is 11.9. The molecule has 5 nitrogen and oxygen atoms in total. The van der Waals surface area contributed by atoms with Gasteiger partial charge in [-0.15, -0.1) is 24.8 Å². The van der Waals surface area contributed by atoms with Crippen LogP contribution in [0.25, 0.3) is 11.0 Å². The molecule has 0 saturated carbocycles. The second-order valence-electron chi connectivity index (χ2n) is 8.94. The van der Waals surface area contributed by atoms with Crippen LogP contribution in [0.2, 0.25) is 0 Å². The van der Waals surface area contributed by atoms with Crippen LogP contribution in [-0.2, 0) is 13.6 Å². The Morgan fingerprint density at radius 1 is 0.686 bits per heavy atom. The van der Waals surface area contributed by atoms with Gasteiger partial charge in [0.2, 0.25) is 0 Å². The minimum absolute atomic E-state index is 0. The van der Waals surface area contributed by atoms with Crippen LogP contribution in [0.1, 0.15) is 23.6 Å². The molecule has 1 fully saturated rings. The van der Waals surface area contributed by atoms with Gasteiger partial charge in [0.05, 0.1) is 17.1 Å². The molecule has 0 N–H and O–H groups in total. The number of rotatable bonds is 7. The number of aromatic nitrogens is 2. The van der Waals surface area contributed by atoms with Gasteiger partial charge in [0.1, 0.15) is 0 Å². The van der Waals surface area contributed by atoms with E-state index in [9.17, 15) is 4.79 Å². The summed E-state index contributed by atoms with van der Waals surface area (Å²) in [5.41, 5.74) is 4.82. The van der Waals surface area contributed by atoms with E-state index in [0.29, 0.717) is 6.04 Å². The highest BCUT2D eigenvalue weighted by Gasteiger charge is 2.26. The van der Waals surface area contributed by atoms with Crippen molar-refractivity contribution < 1.29 is 0 Å². The Balaban J connectivity index is 0.00000171. The van der Waals surface area contributed by atoms with Crippen LogP contribution in [0.4, 0.5) is 0 Å². The van der Waals surface area contributed by atoms with Crippen molar-refractivity contribution in [1.29, 1.82) is 0 Å². The van der Waals surface area contributed by atoms with Crippen molar-refractivity contribution in [2.24, 2.45) is 7.05 Å². The fraction of sp³-hybridized carbons (Fsp3) is 0.321. The van der Waals surface area contributed by atoms with E-state index in [2.05, 4.69) is 70.5 Å². The summed E-state index contributed by atoms with van der Waals surface area (Å²) in [6.07, 6.45) is 0.981. The zero-order chi connectivity index (χ0) is 22.6. The lowest BCUT2D eigenvalue weighted by Crippen LogP contribution is -2.48. The number of benzene rings is 3. The SMILES string of the molecule is Cl.Cl.Cn1c(=O)n(CCCN2CCN(C(c3ccccc3)c3ccccc3)CC2)c2ccccc21. The maximum atomic E-state index is 12.7. The van der Waals surface area contributed by atoms with Gasteiger partial charge >= 0.3 is 5.69 Å². The molecule has 1 aromatic heterocycles. The molecule has 0 unspecified atom stereocenters. The molecule has 0 atom stereocenters. The summed E-state index contributed by atoms with van der Waals surface area (Å²) in [7, 11) is 1.86. The van der Waals surface area contributed by atoms with Gasteiger partial charge < -0.3 is 4.90 Å². The second kappa shape index (κ2) is 12.4. The molecule has 1 saturated heterocycles. The highest BCUT2D eigenvalue weighted by Crippen LogP contribution is 2.29. The predicted octanol–water partition coefficient (Wildman–Crippen LogP) is 4.98. The first kappa shape index (κ1) is 27.0. The topological polar surface area (TPSA) is 33.4 Å². The number of hydrogen-bond donors (Lipinski definition) is 0. The highest BCUT2D eigenvalue weighted by atomic mass is 35.5. The van der Waals surface area contributed by atoms with E-state index < -0.39 is 0 Å². The van der Waals surface area contributed by atoms with E-state index in [1.807, 2.05) is 35.9 Å². The van der Waals surface area contributed by atoms with Crippen LogP contribution in [-0.4, -0.2) is 51.7 Å². The zero-order valence-corrected chi connectivity index (χ0v) is 21.8. The summed E-state index contributed by atoms with van der Waals surface area (Å²) < 4.78 is 3.67. The van der Waals surface area contributed by atoms with Crippen molar-refractivity contribution in [3.63, 3.8) is 0 Å². The van der Waals surface area contributed by atoms with Gasteiger partial charge in [-0.05, 0) is 36.2 Å². The van der Waals surface area contributed by atoms with Crippen LogP contribution in [0.5, 0.6) is 0 Å². The van der Waals surface area contributed by atoms with Crippen LogP contribution in [0, 0.1) is 0 Å². The Hall–Kier alpha value is -2.57. The molecule has 35 heavy (non-hydrogen) atoms. The molecular weight excluding hydrogens is 479 g/mol. The number of aryl methyl sites for hydroxylation is 2. The Morgan fingerprint density at radius 3 is 1.77 bits per heavy atom. The molecule has 7 heteroatoms. The Kier molecular flexibility index (Phi) is 9.58. The smallest absolute Gasteiger partial charge is 0.301 e. The van der Waals surface area contributed by atoms with Crippen molar-refractivity contribution in [2.45, 2.75) is 19.0 Å². The van der Waals surface area contributed by atoms with Gasteiger partial charge in [0, 0.05) is 39.8 Å². The fourth-order valence-corrected chi connectivity index (χ4v) is 5.16. The van der Waals surface area contributed by atoms with Gasteiger partial charge in [-0.2, -0.15) is 0 Å². The van der Waals surface area contributed by atoms with E-state index in [4.69, 9.17) is 0 Å². The minimum Gasteiger partial charge on any atom is -0.301 e. The lowest BCUT2D eigenvalue weighted by molar-refractivity contribution is 0.108. The quantitative estimate of drug-likeness (QED) is 0.350. The number of fused-ring (bicyclic) bond motifs is 1. The second-order valence-corrected chi connectivity index (χ2v) is 8.94. The van der Waals surface area contributed by atoms with E-state index in [0.717, 1.165) is 56.7 Å². The summed E-state index contributed by atoms with van der Waals surface area (Å²) in [6, 6.07) is 30.0. The van der Waals surface area contributed by atoms with Crippen molar-refractivity contribution in [1.82, 2.24) is 18.9 Å². The third kappa shape index (κ3) is 5.81. The molecule has 2 heterocycles. The molecule has 1 aliphatic heterocycles. The highest BCUT2D eigenvalue weighted by molar-refractivity contribution is 5.85. The first-order chi connectivity index (χ1) is 16.2. The summed E-state index contributed by atoms with van der Waals surface area (Å²) in [4.78, 5) is 17.8. The van der Waals surface area contributed by atoms with E-state index in [1.165, 1.54) is 11.1 Å². The third-order valence-electron chi connectivity index (χ3n) is 6.91. The fourth-order valence-electron chi connectivity index (χ4n) is 5.16. The number of hydrogen-bond acceptors (Lipinski definition) is 3. The molecule has 0 bridgehead atoms. The van der Waals surface area contributed by atoms with Crippen molar-refractivity contribution >= 4 is 35.8 Å². The van der Waals surface area contributed by atoms with Gasteiger partial charge in [0.25, 0.3) is 0 Å². The van der Waals surface area contributed by atoms with E-state index >= 15 is 0 Å². The summed E-state index contributed by atoms with van der Waals surface area (Å²) >= 11 is 0. The van der Waals surface area contributed by atoms with E-state index in [1.54, 1.807) is 4.57 Å². The van der Waals surface area contributed by atoms with Crippen LogP contribution in [0.3, 0.4) is 0 Å². The van der Waals surface area contributed by atoms with Crippen LogP contribution in [0.15, 0.2) is 89.7 Å². The van der Waals surface area contributed by atoms with Crippen LogP contribution < -0.4 is 5.69 Å². The third-order valence-corrected chi connectivity index (χ3v) is 6.91. The number of para-hydroxylation sites is 2. The monoisotopic (exact) mass is 512 g/mol. The number of nitrogens with zero attached hydrogens (tertiary/aromatic N) is 4. The Morgan fingerprint density at radius 2 is 1.20 bits per heavy atom. The van der Waals surface area contributed by atoms with Crippen molar-refractivity contribution in [3.8, 4) is 0 Å². The van der Waals surface area contributed by atoms with Gasteiger partial charge in [-0.1, -0.05) is 72.8 Å². The average Bonchev–Trinajstić information content (AvgIpc) is 3.11. The summed E-state index contributed by atoms with van der Waals surface area (Å²) in [5, 5.41) is 0. The van der Waals surface area contributed by atoms with E-state index in [-0.39, 0.29) is 30.5 Å². The molecular formula is C28H34Cl2N4O. The number of halogens is 2. The zero-order valence-electron chi connectivity index (χ0n) is 20.1. The van der Waals surface area contributed by atoms with Gasteiger partial charge in [0.15, 0.2) is 0 Å². The molecule has 0 amide bonds. The van der Waals surface area contributed by atoms with Crippen molar-refractivity contribution in [2.75, 3.05) is 32.7 Å². The molecule has 0 spiro atoms. The van der Waals surface area contributed by atoms with Gasteiger partial charge in [-0.25, -0.2) is 4.79 Å². The lowest BCUT2D eigenvalue weighted by Gasteiger charge is -2.39. The first-order valence-electron chi connectivity index (χ1n) is 11.9. The molecule has 1 aliphatic rings. The van der Waals surface area contributed by atoms with Gasteiger partial charge in [-0.3, -0.25) is 14.0 Å². The number of imidazole rings is 1. The van der Waals surface area contributed by atoms with Crippen molar-refractivity contribution in [3.05, 3.63) is 107 Å². The van der Waals surface area contributed by atoms with Crippen LogP contribution >= 0.6 is 24.8 Å². The minimum atomic E-state index is 0.